The maximum atomic E-state index is 5.34. The van der Waals surface area contributed by atoms with Crippen LogP contribution in [0.15, 0.2) is 35.1 Å². The largest absolute Gasteiger partial charge is 0.464 e. The molecule has 0 saturated carbocycles. The maximum Gasteiger partial charge on any atom is 0.134 e. The van der Waals surface area contributed by atoms with Gasteiger partial charge in [0, 0.05) is 22.5 Å². The third-order valence-electron chi connectivity index (χ3n) is 2.46. The minimum absolute atomic E-state index is 0.954. The molecule has 0 amide bonds. The van der Waals surface area contributed by atoms with E-state index in [4.69, 9.17) is 4.42 Å². The van der Waals surface area contributed by atoms with Gasteiger partial charge in [0.15, 0.2) is 0 Å². The molecule has 0 atom stereocenters. The van der Waals surface area contributed by atoms with Crippen molar-refractivity contribution in [3.8, 4) is 0 Å². The Balaban J connectivity index is 0.000000404. The average Bonchev–Trinajstić information content (AvgIpc) is 2.86. The molecule has 0 unspecified atom stereocenters. The van der Waals surface area contributed by atoms with E-state index in [2.05, 4.69) is 24.0 Å². The first-order chi connectivity index (χ1) is 7.34. The highest BCUT2D eigenvalue weighted by atomic mass is 16.3. The maximum absolute atomic E-state index is 5.34. The highest BCUT2D eigenvalue weighted by Gasteiger charge is 2.03. The summed E-state index contributed by atoms with van der Waals surface area (Å²) in [5.41, 5.74) is 3.38. The summed E-state index contributed by atoms with van der Waals surface area (Å²) in [5.74, 6) is 0. The van der Waals surface area contributed by atoms with Gasteiger partial charge in [0.25, 0.3) is 0 Å². The van der Waals surface area contributed by atoms with E-state index < -0.39 is 0 Å². The van der Waals surface area contributed by atoms with Crippen molar-refractivity contribution in [2.45, 2.75) is 20.8 Å². The van der Waals surface area contributed by atoms with Crippen molar-refractivity contribution in [2.24, 2.45) is 0 Å². The third kappa shape index (κ3) is 1.52. The van der Waals surface area contributed by atoms with Crippen molar-refractivity contribution in [2.75, 3.05) is 0 Å². The van der Waals surface area contributed by atoms with Crippen molar-refractivity contribution < 1.29 is 4.42 Å². The Labute approximate surface area is 88.9 Å². The number of hydrogen-bond donors (Lipinski definition) is 1. The molecule has 0 saturated heterocycles. The molecule has 0 radical (unpaired) electrons. The Morgan fingerprint density at radius 2 is 2.00 bits per heavy atom. The zero-order valence-electron chi connectivity index (χ0n) is 9.29. The molecule has 3 rings (SSSR count). The van der Waals surface area contributed by atoms with Gasteiger partial charge in [-0.05, 0) is 30.7 Å². The predicted molar refractivity (Wildman–Crippen MR) is 64.2 cm³/mol. The van der Waals surface area contributed by atoms with Gasteiger partial charge in [-0.1, -0.05) is 13.8 Å². The Bertz CT molecular complexity index is 574. The van der Waals surface area contributed by atoms with Gasteiger partial charge in [-0.15, -0.1) is 0 Å². The van der Waals surface area contributed by atoms with Crippen LogP contribution in [0.4, 0.5) is 0 Å². The Morgan fingerprint density at radius 1 is 1.20 bits per heavy atom. The van der Waals surface area contributed by atoms with Crippen LogP contribution < -0.4 is 0 Å². The number of rotatable bonds is 0. The lowest BCUT2D eigenvalue weighted by Gasteiger charge is -1.91. The lowest BCUT2D eigenvalue weighted by Crippen LogP contribution is -1.69. The number of hydrogen-bond acceptors (Lipinski definition) is 1. The second kappa shape index (κ2) is 3.81. The second-order valence-corrected chi connectivity index (χ2v) is 3.33. The molecule has 1 aromatic carbocycles. The molecule has 1 N–H and O–H groups in total. The molecule has 2 aromatic heterocycles. The van der Waals surface area contributed by atoms with E-state index in [0.717, 1.165) is 11.0 Å². The molecule has 0 spiro atoms. The van der Waals surface area contributed by atoms with E-state index in [1.54, 1.807) is 6.26 Å². The molecule has 15 heavy (non-hydrogen) atoms. The van der Waals surface area contributed by atoms with Gasteiger partial charge in [-0.25, -0.2) is 0 Å². The quantitative estimate of drug-likeness (QED) is 0.578. The summed E-state index contributed by atoms with van der Waals surface area (Å²) in [6.45, 7) is 6.09. The van der Waals surface area contributed by atoms with Gasteiger partial charge >= 0.3 is 0 Å². The topological polar surface area (TPSA) is 28.9 Å². The molecular formula is C13H15NO. The fourth-order valence-electron chi connectivity index (χ4n) is 1.72. The lowest BCUT2D eigenvalue weighted by atomic mass is 10.1. The zero-order chi connectivity index (χ0) is 10.8. The van der Waals surface area contributed by atoms with Crippen LogP contribution in [0.5, 0.6) is 0 Å². The second-order valence-electron chi connectivity index (χ2n) is 3.33. The van der Waals surface area contributed by atoms with Crippen LogP contribution in [-0.4, -0.2) is 4.98 Å². The van der Waals surface area contributed by atoms with Gasteiger partial charge < -0.3 is 9.40 Å². The number of benzene rings is 1. The Hall–Kier alpha value is -1.70. The number of aromatic amines is 1. The van der Waals surface area contributed by atoms with Crippen LogP contribution in [0.25, 0.3) is 21.9 Å². The number of aromatic nitrogens is 1. The minimum atomic E-state index is 0.954. The first kappa shape index (κ1) is 9.84. The first-order valence-electron chi connectivity index (χ1n) is 5.29. The normalized spacial score (nSPS) is 10.3. The average molecular weight is 201 g/mol. The summed E-state index contributed by atoms with van der Waals surface area (Å²) in [6, 6.07) is 6.17. The molecule has 0 aliphatic rings. The molecule has 2 nitrogen and oxygen atoms in total. The lowest BCUT2D eigenvalue weighted by molar-refractivity contribution is 0.616. The van der Waals surface area contributed by atoms with Crippen LogP contribution in [0.1, 0.15) is 19.4 Å². The number of H-pyrrole nitrogens is 1. The van der Waals surface area contributed by atoms with Gasteiger partial charge in [0.05, 0.1) is 6.26 Å². The zero-order valence-corrected chi connectivity index (χ0v) is 9.29. The van der Waals surface area contributed by atoms with E-state index in [0.29, 0.717) is 0 Å². The van der Waals surface area contributed by atoms with Crippen molar-refractivity contribution in [3.05, 3.63) is 36.2 Å². The highest BCUT2D eigenvalue weighted by molar-refractivity contribution is 5.95. The van der Waals surface area contributed by atoms with E-state index in [-0.39, 0.29) is 0 Å². The molecule has 0 bridgehead atoms. The summed E-state index contributed by atoms with van der Waals surface area (Å²) < 4.78 is 5.34. The summed E-state index contributed by atoms with van der Waals surface area (Å²) in [6.07, 6.45) is 3.74. The smallest absolute Gasteiger partial charge is 0.134 e. The fraction of sp³-hybridized carbons (Fsp3) is 0.231. The Kier molecular flexibility index (Phi) is 2.50. The van der Waals surface area contributed by atoms with Gasteiger partial charge in [-0.3, -0.25) is 0 Å². The first-order valence-corrected chi connectivity index (χ1v) is 5.29. The van der Waals surface area contributed by atoms with Crippen LogP contribution in [0.3, 0.4) is 0 Å². The van der Waals surface area contributed by atoms with E-state index in [1.165, 1.54) is 16.5 Å². The van der Waals surface area contributed by atoms with Crippen molar-refractivity contribution in [1.29, 1.82) is 0 Å². The summed E-state index contributed by atoms with van der Waals surface area (Å²) in [4.78, 5) is 3.23. The summed E-state index contributed by atoms with van der Waals surface area (Å²) in [7, 11) is 0. The molecular weight excluding hydrogens is 186 g/mol. The number of furan rings is 1. The van der Waals surface area contributed by atoms with Crippen LogP contribution in [0.2, 0.25) is 0 Å². The third-order valence-corrected chi connectivity index (χ3v) is 2.46. The van der Waals surface area contributed by atoms with Crippen molar-refractivity contribution in [1.82, 2.24) is 4.98 Å². The SMILES string of the molecule is CC.Cc1c[nH]c2cc3ccoc3cc12. The van der Waals surface area contributed by atoms with E-state index in [1.807, 2.05) is 26.1 Å². The van der Waals surface area contributed by atoms with Gasteiger partial charge in [0.1, 0.15) is 5.58 Å². The molecule has 0 fully saturated rings. The van der Waals surface area contributed by atoms with Gasteiger partial charge in [-0.2, -0.15) is 0 Å². The predicted octanol–water partition coefficient (Wildman–Crippen LogP) is 4.25. The molecule has 0 aliphatic carbocycles. The summed E-state index contributed by atoms with van der Waals surface area (Å²) in [5, 5.41) is 2.39. The highest BCUT2D eigenvalue weighted by Crippen LogP contribution is 2.24. The molecule has 0 aliphatic heterocycles. The number of fused-ring (bicyclic) bond motifs is 2. The molecule has 2 heteroatoms. The van der Waals surface area contributed by atoms with Crippen LogP contribution in [-0.2, 0) is 0 Å². The van der Waals surface area contributed by atoms with Gasteiger partial charge in [0.2, 0.25) is 0 Å². The molecule has 78 valence electrons. The standard InChI is InChI=1S/C11H9NO.C2H6/c1-7-6-12-10-4-8-2-3-13-11(8)5-9(7)10;1-2/h2-6,12H,1H3;1-2H3. The number of nitrogens with one attached hydrogen (secondary N) is 1. The van der Waals surface area contributed by atoms with Crippen LogP contribution >= 0.6 is 0 Å². The molecule has 3 aromatic rings. The van der Waals surface area contributed by atoms with E-state index >= 15 is 0 Å². The van der Waals surface area contributed by atoms with Crippen LogP contribution in [0, 0.1) is 6.92 Å². The summed E-state index contributed by atoms with van der Waals surface area (Å²) >= 11 is 0. The monoisotopic (exact) mass is 201 g/mol. The van der Waals surface area contributed by atoms with Crippen molar-refractivity contribution in [3.63, 3.8) is 0 Å². The number of aryl methyl sites for hydroxylation is 1. The minimum Gasteiger partial charge on any atom is -0.464 e. The molecule has 2 heterocycles. The Morgan fingerprint density at radius 3 is 2.80 bits per heavy atom. The van der Waals surface area contributed by atoms with Crippen molar-refractivity contribution >= 4 is 21.9 Å². The van der Waals surface area contributed by atoms with E-state index in [9.17, 15) is 0 Å². The fourth-order valence-corrected chi connectivity index (χ4v) is 1.72.